The number of allylic oxidation sites excluding steroid dienone is 1. The van der Waals surface area contributed by atoms with E-state index in [2.05, 4.69) is 56.4 Å². The number of aryl methyl sites for hydroxylation is 1. The van der Waals surface area contributed by atoms with Gasteiger partial charge in [-0.3, -0.25) is 9.69 Å². The molecule has 0 aromatic heterocycles. The summed E-state index contributed by atoms with van der Waals surface area (Å²) in [5.41, 5.74) is 11.4. The molecule has 0 saturated carbocycles. The van der Waals surface area contributed by atoms with Crippen LogP contribution in [0.3, 0.4) is 0 Å². The zero-order valence-corrected chi connectivity index (χ0v) is 27.4. The van der Waals surface area contributed by atoms with Crippen LogP contribution in [0.5, 0.6) is 5.75 Å². The van der Waals surface area contributed by atoms with Gasteiger partial charge in [-0.2, -0.15) is 0 Å². The van der Waals surface area contributed by atoms with E-state index in [1.54, 1.807) is 18.2 Å². The van der Waals surface area contributed by atoms with Crippen LogP contribution in [0.15, 0.2) is 84.9 Å². The number of hydrogen-bond donors (Lipinski definition) is 2. The molecule has 4 aliphatic rings. The van der Waals surface area contributed by atoms with Crippen LogP contribution >= 0.6 is 0 Å². The Morgan fingerprint density at radius 3 is 2.17 bits per heavy atom. The summed E-state index contributed by atoms with van der Waals surface area (Å²) in [4.78, 5) is 19.6. The molecule has 0 radical (unpaired) electrons. The monoisotopic (exact) mass is 642 g/mol. The van der Waals surface area contributed by atoms with E-state index < -0.39 is 0 Å². The number of piperazine rings is 1. The van der Waals surface area contributed by atoms with E-state index in [0.29, 0.717) is 18.2 Å². The van der Waals surface area contributed by atoms with Gasteiger partial charge in [0.05, 0.1) is 0 Å². The van der Waals surface area contributed by atoms with Gasteiger partial charge in [-0.05, 0) is 132 Å². The molecule has 3 aliphatic heterocycles. The molecule has 8 rings (SSSR count). The van der Waals surface area contributed by atoms with Gasteiger partial charge in [-0.15, -0.1) is 0 Å². The van der Waals surface area contributed by atoms with Gasteiger partial charge in [-0.1, -0.05) is 30.3 Å². The van der Waals surface area contributed by atoms with E-state index in [9.17, 15) is 14.3 Å². The van der Waals surface area contributed by atoms with Crippen LogP contribution in [0, 0.1) is 11.7 Å². The number of nitrogens with one attached hydrogen (secondary N) is 1. The van der Waals surface area contributed by atoms with E-state index in [0.717, 1.165) is 91.9 Å². The highest BCUT2D eigenvalue weighted by Crippen LogP contribution is 2.41. The number of nitrogens with zero attached hydrogens (tertiary/aromatic N) is 3. The third kappa shape index (κ3) is 6.19. The number of fused-ring (bicyclic) bond motifs is 2. The van der Waals surface area contributed by atoms with Crippen molar-refractivity contribution < 1.29 is 14.3 Å². The minimum absolute atomic E-state index is 0.0442. The Balaban J connectivity index is 0.911. The number of benzene rings is 4. The summed E-state index contributed by atoms with van der Waals surface area (Å²) in [6.45, 7) is 8.14. The van der Waals surface area contributed by atoms with E-state index in [-0.39, 0.29) is 11.7 Å². The minimum Gasteiger partial charge on any atom is -0.508 e. The summed E-state index contributed by atoms with van der Waals surface area (Å²) >= 11 is 0. The Kier molecular flexibility index (Phi) is 8.39. The molecule has 0 spiro atoms. The predicted octanol–water partition coefficient (Wildman–Crippen LogP) is 7.11. The third-order valence-electron chi connectivity index (χ3n) is 10.9. The van der Waals surface area contributed by atoms with Gasteiger partial charge in [0.25, 0.3) is 5.91 Å². The van der Waals surface area contributed by atoms with Crippen molar-refractivity contribution in [1.29, 1.82) is 0 Å². The van der Waals surface area contributed by atoms with Crippen molar-refractivity contribution in [3.05, 3.63) is 124 Å². The van der Waals surface area contributed by atoms with Crippen molar-refractivity contribution >= 4 is 28.4 Å². The molecule has 2 fully saturated rings. The molecule has 7 heteroatoms. The number of anilines is 2. The quantitative estimate of drug-likeness (QED) is 0.235. The predicted molar refractivity (Wildman–Crippen MR) is 191 cm³/mol. The number of aromatic hydroxyl groups is 1. The van der Waals surface area contributed by atoms with Crippen molar-refractivity contribution in [3.63, 3.8) is 0 Å². The molecule has 6 nitrogen and oxygen atoms in total. The number of halogens is 1. The Bertz CT molecular complexity index is 1840. The molecule has 246 valence electrons. The van der Waals surface area contributed by atoms with Crippen LogP contribution in [-0.4, -0.2) is 61.7 Å². The standard InChI is InChI=1S/C41H43FN4O2/c42-33-8-4-29(5-9-33)37-3-1-2-31-25-36(47)13-15-38(31)40(37)30-6-10-34(11-7-30)45-18-16-28(17-19-45)27-44-20-22-46(23-21-44)35-12-14-39-32(24-35)26-43-41(39)48/h4-15,24-25,28,47H,1-3,16-23,26-27H2,(H,43,48). The second kappa shape index (κ2) is 13.1. The van der Waals surface area contributed by atoms with Gasteiger partial charge in [0.1, 0.15) is 11.6 Å². The van der Waals surface area contributed by atoms with Crippen molar-refractivity contribution in [2.75, 3.05) is 55.6 Å². The summed E-state index contributed by atoms with van der Waals surface area (Å²) in [6.07, 6.45) is 5.17. The first-order chi connectivity index (χ1) is 23.5. The zero-order chi connectivity index (χ0) is 32.6. The lowest BCUT2D eigenvalue weighted by Gasteiger charge is -2.40. The van der Waals surface area contributed by atoms with Crippen LogP contribution in [0.1, 0.15) is 63.9 Å². The molecule has 4 aromatic carbocycles. The number of amides is 1. The molecule has 1 aliphatic carbocycles. The number of carbonyl (C=O) groups excluding carboxylic acids is 1. The first kappa shape index (κ1) is 30.7. The number of piperidine rings is 1. The van der Waals surface area contributed by atoms with Crippen LogP contribution in [0.4, 0.5) is 15.8 Å². The summed E-state index contributed by atoms with van der Waals surface area (Å²) < 4.78 is 13.9. The maximum absolute atomic E-state index is 13.9. The average molecular weight is 643 g/mol. The van der Waals surface area contributed by atoms with Gasteiger partial charge in [0.15, 0.2) is 0 Å². The van der Waals surface area contributed by atoms with Crippen molar-refractivity contribution in [2.24, 2.45) is 5.92 Å². The lowest BCUT2D eigenvalue weighted by molar-refractivity contribution is 0.0965. The van der Waals surface area contributed by atoms with E-state index >= 15 is 0 Å². The lowest BCUT2D eigenvalue weighted by Crippen LogP contribution is -2.49. The number of rotatable bonds is 6. The van der Waals surface area contributed by atoms with Crippen LogP contribution in [0.25, 0.3) is 11.1 Å². The van der Waals surface area contributed by atoms with E-state index in [4.69, 9.17) is 0 Å². The molecule has 2 N–H and O–H groups in total. The number of phenolic OH excluding ortho intramolecular Hbond substituents is 1. The fraction of sp³-hybridized carbons (Fsp3) is 0.341. The van der Waals surface area contributed by atoms with Gasteiger partial charge >= 0.3 is 0 Å². The van der Waals surface area contributed by atoms with Crippen molar-refractivity contribution in [3.8, 4) is 5.75 Å². The fourth-order valence-electron chi connectivity index (χ4n) is 8.23. The van der Waals surface area contributed by atoms with Crippen LogP contribution < -0.4 is 15.1 Å². The highest BCUT2D eigenvalue weighted by atomic mass is 19.1. The molecular formula is C41H43FN4O2. The molecular weight excluding hydrogens is 599 g/mol. The number of carbonyl (C=O) groups is 1. The Morgan fingerprint density at radius 2 is 1.40 bits per heavy atom. The first-order valence-corrected chi connectivity index (χ1v) is 17.5. The highest BCUT2D eigenvalue weighted by molar-refractivity contribution is 6.00. The second-order valence-electron chi connectivity index (χ2n) is 13.8. The van der Waals surface area contributed by atoms with Gasteiger partial charge < -0.3 is 20.2 Å². The third-order valence-corrected chi connectivity index (χ3v) is 10.9. The van der Waals surface area contributed by atoms with Gasteiger partial charge in [-0.25, -0.2) is 4.39 Å². The normalized spacial score (nSPS) is 18.8. The summed E-state index contributed by atoms with van der Waals surface area (Å²) in [6, 6.07) is 27.9. The fourth-order valence-corrected chi connectivity index (χ4v) is 8.23. The van der Waals surface area contributed by atoms with E-state index in [1.807, 2.05) is 30.3 Å². The molecule has 0 atom stereocenters. The Hall–Kier alpha value is -4.62. The summed E-state index contributed by atoms with van der Waals surface area (Å²) in [5, 5.41) is 13.2. The highest BCUT2D eigenvalue weighted by Gasteiger charge is 2.26. The largest absolute Gasteiger partial charge is 0.508 e. The number of hydrogen-bond acceptors (Lipinski definition) is 5. The molecule has 2 saturated heterocycles. The summed E-state index contributed by atoms with van der Waals surface area (Å²) in [5.74, 6) is 0.834. The molecule has 1 amide bonds. The first-order valence-electron chi connectivity index (χ1n) is 17.5. The molecule has 4 aromatic rings. The van der Waals surface area contributed by atoms with Gasteiger partial charge in [0, 0.05) is 69.3 Å². The topological polar surface area (TPSA) is 59.1 Å². The van der Waals surface area contributed by atoms with E-state index in [1.165, 1.54) is 41.9 Å². The van der Waals surface area contributed by atoms with Crippen LogP contribution in [0.2, 0.25) is 0 Å². The SMILES string of the molecule is O=C1NCc2cc(N3CCN(CC4CCN(c5ccc(C6=C(c7ccc(F)cc7)CCCc7cc(O)ccc76)cc5)CC4)CC3)ccc21. The van der Waals surface area contributed by atoms with Gasteiger partial charge in [0.2, 0.25) is 0 Å². The number of phenols is 1. The van der Waals surface area contributed by atoms with Crippen LogP contribution in [-0.2, 0) is 13.0 Å². The molecule has 0 unspecified atom stereocenters. The summed E-state index contributed by atoms with van der Waals surface area (Å²) in [7, 11) is 0. The Labute approximate surface area is 282 Å². The average Bonchev–Trinajstić information content (AvgIpc) is 3.38. The maximum atomic E-state index is 13.9. The zero-order valence-electron chi connectivity index (χ0n) is 27.4. The lowest BCUT2D eigenvalue weighted by atomic mass is 9.87. The van der Waals surface area contributed by atoms with Crippen molar-refractivity contribution in [1.82, 2.24) is 10.2 Å². The smallest absolute Gasteiger partial charge is 0.251 e. The Morgan fingerprint density at radius 1 is 0.708 bits per heavy atom. The minimum atomic E-state index is -0.223. The maximum Gasteiger partial charge on any atom is 0.251 e. The van der Waals surface area contributed by atoms with Crippen molar-refractivity contribution in [2.45, 2.75) is 38.6 Å². The molecule has 3 heterocycles. The molecule has 0 bridgehead atoms. The molecule has 48 heavy (non-hydrogen) atoms. The second-order valence-corrected chi connectivity index (χ2v) is 13.8.